The van der Waals surface area contributed by atoms with Crippen LogP contribution in [-0.2, 0) is 11.4 Å². The number of ether oxygens (including phenoxy) is 1. The van der Waals surface area contributed by atoms with Crippen molar-refractivity contribution in [3.05, 3.63) is 50.9 Å². The second-order valence-corrected chi connectivity index (χ2v) is 5.46. The van der Waals surface area contributed by atoms with E-state index in [9.17, 15) is 4.79 Å². The predicted octanol–water partition coefficient (Wildman–Crippen LogP) is 3.58. The van der Waals surface area contributed by atoms with Crippen molar-refractivity contribution >= 4 is 39.3 Å². The number of carboxylic acids is 1. The first-order chi connectivity index (χ1) is 9.15. The van der Waals surface area contributed by atoms with Gasteiger partial charge in [0.2, 0.25) is 0 Å². The first-order valence-electron chi connectivity index (χ1n) is 5.37. The molecule has 1 aromatic heterocycles. The summed E-state index contributed by atoms with van der Waals surface area (Å²) in [6.07, 6.45) is 4.30. The molecule has 0 amide bonds. The Kier molecular flexibility index (Phi) is 4.70. The van der Waals surface area contributed by atoms with Gasteiger partial charge in [0.05, 0.1) is 0 Å². The van der Waals surface area contributed by atoms with E-state index in [2.05, 4.69) is 20.9 Å². The van der Waals surface area contributed by atoms with Crippen molar-refractivity contribution < 1.29 is 14.6 Å². The summed E-state index contributed by atoms with van der Waals surface area (Å²) in [5.74, 6) is -0.373. The maximum Gasteiger partial charge on any atom is 0.328 e. The van der Waals surface area contributed by atoms with Crippen LogP contribution in [0.3, 0.4) is 0 Å². The van der Waals surface area contributed by atoms with Gasteiger partial charge in [-0.3, -0.25) is 0 Å². The van der Waals surface area contributed by atoms with Crippen LogP contribution in [0.5, 0.6) is 5.75 Å². The second-order valence-electron chi connectivity index (χ2n) is 3.57. The highest BCUT2D eigenvalue weighted by Crippen LogP contribution is 2.25. The summed E-state index contributed by atoms with van der Waals surface area (Å²) in [5, 5.41) is 11.4. The van der Waals surface area contributed by atoms with E-state index >= 15 is 0 Å². The van der Waals surface area contributed by atoms with Gasteiger partial charge in [-0.2, -0.15) is 0 Å². The van der Waals surface area contributed by atoms with Crippen molar-refractivity contribution in [2.24, 2.45) is 0 Å². The lowest BCUT2D eigenvalue weighted by molar-refractivity contribution is -0.131. The number of nitrogens with zero attached hydrogens (tertiary/aromatic N) is 1. The standard InChI is InChI=1S/C13H10BrNO3S/c14-10-2-3-11(9(7-10)1-4-13(16)17)18-8-12-15-5-6-19-12/h1-7H,8H2,(H,16,17). The van der Waals surface area contributed by atoms with Crippen LogP contribution in [0.2, 0.25) is 0 Å². The molecule has 1 heterocycles. The van der Waals surface area contributed by atoms with Gasteiger partial charge in [-0.05, 0) is 24.3 Å². The Labute approximate surface area is 122 Å². The van der Waals surface area contributed by atoms with E-state index in [0.717, 1.165) is 15.6 Å². The van der Waals surface area contributed by atoms with Gasteiger partial charge in [0.1, 0.15) is 17.4 Å². The van der Waals surface area contributed by atoms with Crippen molar-refractivity contribution in [2.45, 2.75) is 6.61 Å². The molecule has 0 fully saturated rings. The van der Waals surface area contributed by atoms with E-state index in [1.807, 2.05) is 11.4 Å². The molecule has 0 atom stereocenters. The van der Waals surface area contributed by atoms with Gasteiger partial charge in [-0.25, -0.2) is 9.78 Å². The monoisotopic (exact) mass is 339 g/mol. The molecular formula is C13H10BrNO3S. The minimum atomic E-state index is -0.995. The van der Waals surface area contributed by atoms with Gasteiger partial charge >= 0.3 is 5.97 Å². The number of halogens is 1. The molecule has 0 spiro atoms. The maximum absolute atomic E-state index is 10.6. The van der Waals surface area contributed by atoms with Crippen LogP contribution in [0.1, 0.15) is 10.6 Å². The van der Waals surface area contributed by atoms with E-state index in [0.29, 0.717) is 17.9 Å². The Balaban J connectivity index is 2.16. The van der Waals surface area contributed by atoms with Crippen LogP contribution in [0.15, 0.2) is 40.3 Å². The lowest BCUT2D eigenvalue weighted by Gasteiger charge is -2.08. The van der Waals surface area contributed by atoms with E-state index in [-0.39, 0.29) is 0 Å². The molecular weight excluding hydrogens is 330 g/mol. The number of aliphatic carboxylic acids is 1. The van der Waals surface area contributed by atoms with Crippen molar-refractivity contribution in [2.75, 3.05) is 0 Å². The zero-order valence-electron chi connectivity index (χ0n) is 9.75. The Morgan fingerprint density at radius 2 is 2.37 bits per heavy atom. The minimum absolute atomic E-state index is 0.368. The topological polar surface area (TPSA) is 59.4 Å². The summed E-state index contributed by atoms with van der Waals surface area (Å²) < 4.78 is 6.51. The zero-order valence-corrected chi connectivity index (χ0v) is 12.1. The summed E-state index contributed by atoms with van der Waals surface area (Å²) in [5.41, 5.74) is 0.702. The lowest BCUT2D eigenvalue weighted by atomic mass is 10.2. The number of rotatable bonds is 5. The number of thiazole rings is 1. The van der Waals surface area contributed by atoms with Crippen molar-refractivity contribution in [3.63, 3.8) is 0 Å². The fourth-order valence-corrected chi connectivity index (χ4v) is 2.31. The van der Waals surface area contributed by atoms with Gasteiger partial charge in [0, 0.05) is 27.7 Å². The molecule has 0 saturated carbocycles. The summed E-state index contributed by atoms with van der Waals surface area (Å²) in [6, 6.07) is 5.44. The number of hydrogen-bond donors (Lipinski definition) is 1. The normalized spacial score (nSPS) is 10.8. The molecule has 0 aliphatic carbocycles. The van der Waals surface area contributed by atoms with E-state index in [4.69, 9.17) is 9.84 Å². The molecule has 2 rings (SSSR count). The molecule has 0 bridgehead atoms. The average molecular weight is 340 g/mol. The minimum Gasteiger partial charge on any atom is -0.486 e. The molecule has 0 aliphatic rings. The Morgan fingerprint density at radius 1 is 1.53 bits per heavy atom. The fourth-order valence-electron chi connectivity index (χ4n) is 1.41. The van der Waals surface area contributed by atoms with Crippen LogP contribution < -0.4 is 4.74 Å². The summed E-state index contributed by atoms with van der Waals surface area (Å²) >= 11 is 4.86. The van der Waals surface area contributed by atoms with Crippen LogP contribution in [0.4, 0.5) is 0 Å². The predicted molar refractivity (Wildman–Crippen MR) is 77.3 cm³/mol. The van der Waals surface area contributed by atoms with Crippen molar-refractivity contribution in [1.82, 2.24) is 4.98 Å². The number of aromatic nitrogens is 1. The fraction of sp³-hybridized carbons (Fsp3) is 0.0769. The molecule has 6 heteroatoms. The number of carboxylic acid groups (broad SMARTS) is 1. The van der Waals surface area contributed by atoms with Gasteiger partial charge in [0.15, 0.2) is 0 Å². The number of carbonyl (C=O) groups is 1. The van der Waals surface area contributed by atoms with Crippen molar-refractivity contribution in [3.8, 4) is 5.75 Å². The summed E-state index contributed by atoms with van der Waals surface area (Å²) in [4.78, 5) is 14.7. The molecule has 0 unspecified atom stereocenters. The molecule has 0 saturated heterocycles. The highest BCUT2D eigenvalue weighted by molar-refractivity contribution is 9.10. The van der Waals surface area contributed by atoms with Crippen LogP contribution >= 0.6 is 27.3 Å². The number of benzene rings is 1. The van der Waals surface area contributed by atoms with Gasteiger partial charge in [0.25, 0.3) is 0 Å². The third-order valence-electron chi connectivity index (χ3n) is 2.21. The molecule has 0 aliphatic heterocycles. The molecule has 1 aromatic carbocycles. The molecule has 98 valence electrons. The lowest BCUT2D eigenvalue weighted by Crippen LogP contribution is -1.96. The summed E-state index contributed by atoms with van der Waals surface area (Å²) in [6.45, 7) is 0.368. The molecule has 0 radical (unpaired) electrons. The SMILES string of the molecule is O=C(O)C=Cc1cc(Br)ccc1OCc1nccs1. The third kappa shape index (κ3) is 4.18. The molecule has 2 aromatic rings. The van der Waals surface area contributed by atoms with E-state index < -0.39 is 5.97 Å². The average Bonchev–Trinajstić information content (AvgIpc) is 2.88. The highest BCUT2D eigenvalue weighted by atomic mass is 79.9. The largest absolute Gasteiger partial charge is 0.486 e. The van der Waals surface area contributed by atoms with E-state index in [1.54, 1.807) is 18.3 Å². The third-order valence-corrected chi connectivity index (χ3v) is 3.46. The molecule has 4 nitrogen and oxygen atoms in total. The van der Waals surface area contributed by atoms with Gasteiger partial charge in [-0.1, -0.05) is 15.9 Å². The highest BCUT2D eigenvalue weighted by Gasteiger charge is 2.04. The Morgan fingerprint density at radius 3 is 3.05 bits per heavy atom. The molecule has 1 N–H and O–H groups in total. The maximum atomic E-state index is 10.6. The smallest absolute Gasteiger partial charge is 0.328 e. The Hall–Kier alpha value is -1.66. The Bertz CT molecular complexity index is 596. The first-order valence-corrected chi connectivity index (χ1v) is 7.04. The zero-order chi connectivity index (χ0) is 13.7. The molecule has 19 heavy (non-hydrogen) atoms. The van der Waals surface area contributed by atoms with Crippen LogP contribution in [0.25, 0.3) is 6.08 Å². The first kappa shape index (κ1) is 13.8. The quantitative estimate of drug-likeness (QED) is 0.845. The van der Waals surface area contributed by atoms with Crippen LogP contribution in [0, 0.1) is 0 Å². The summed E-state index contributed by atoms with van der Waals surface area (Å²) in [7, 11) is 0. The van der Waals surface area contributed by atoms with E-state index in [1.165, 1.54) is 17.4 Å². The van der Waals surface area contributed by atoms with Crippen LogP contribution in [-0.4, -0.2) is 16.1 Å². The van der Waals surface area contributed by atoms with Gasteiger partial charge < -0.3 is 9.84 Å². The van der Waals surface area contributed by atoms with Crippen molar-refractivity contribution in [1.29, 1.82) is 0 Å². The van der Waals surface area contributed by atoms with Gasteiger partial charge in [-0.15, -0.1) is 11.3 Å². The second kappa shape index (κ2) is 6.49. The number of hydrogen-bond acceptors (Lipinski definition) is 4.